The molecule has 0 spiro atoms. The third-order valence-electron chi connectivity index (χ3n) is 7.26. The van der Waals surface area contributed by atoms with Gasteiger partial charge in [0.25, 0.3) is 0 Å². The summed E-state index contributed by atoms with van der Waals surface area (Å²) in [6, 6.07) is -0.552. The molecule has 3 N–H and O–H groups in total. The van der Waals surface area contributed by atoms with Gasteiger partial charge >= 0.3 is 5.97 Å². The summed E-state index contributed by atoms with van der Waals surface area (Å²) in [5.41, 5.74) is 0.0511. The molecule has 0 aliphatic carbocycles. The van der Waals surface area contributed by atoms with Gasteiger partial charge in [0.05, 0.1) is 64.4 Å². The summed E-state index contributed by atoms with van der Waals surface area (Å²) in [5, 5.41) is 23.2. The highest BCUT2D eigenvalue weighted by Gasteiger charge is 2.60. The zero-order valence-electron chi connectivity index (χ0n) is 18.6. The number of aliphatic hydroxyl groups is 1. The predicted octanol–water partition coefficient (Wildman–Crippen LogP) is -0.478. The van der Waals surface area contributed by atoms with Gasteiger partial charge in [-0.15, -0.1) is 11.8 Å². The van der Waals surface area contributed by atoms with Crippen LogP contribution in [0.3, 0.4) is 0 Å². The zero-order chi connectivity index (χ0) is 22.7. The van der Waals surface area contributed by atoms with Crippen LogP contribution in [-0.2, 0) is 14.4 Å². The third kappa shape index (κ3) is 3.88. The van der Waals surface area contributed by atoms with Crippen LogP contribution in [0.1, 0.15) is 20.3 Å². The van der Waals surface area contributed by atoms with Crippen molar-refractivity contribution < 1.29 is 29.1 Å². The van der Waals surface area contributed by atoms with Crippen LogP contribution < -0.4 is 5.32 Å². The highest BCUT2D eigenvalue weighted by Crippen LogP contribution is 2.51. The van der Waals surface area contributed by atoms with E-state index in [0.29, 0.717) is 17.9 Å². The number of thioether (sulfide) groups is 1. The van der Waals surface area contributed by atoms with E-state index in [4.69, 9.17) is 0 Å². The second kappa shape index (κ2) is 8.06. The Labute approximate surface area is 187 Å². The number of rotatable bonds is 5. The molecule has 0 aromatic carbocycles. The highest BCUT2D eigenvalue weighted by molar-refractivity contribution is 8.03. The van der Waals surface area contributed by atoms with Crippen LogP contribution in [0.5, 0.6) is 0 Å². The monoisotopic (exact) mass is 453 g/mol. The van der Waals surface area contributed by atoms with E-state index in [2.05, 4.69) is 19.4 Å². The molecular weight excluding hydrogens is 420 g/mol. The lowest BCUT2D eigenvalue weighted by Gasteiger charge is -2.46. The maximum Gasteiger partial charge on any atom is 0.353 e. The molecule has 4 rings (SSSR count). The Morgan fingerprint density at radius 2 is 1.90 bits per heavy atom. The Bertz CT molecular complexity index is 819. The van der Waals surface area contributed by atoms with Gasteiger partial charge in [0.1, 0.15) is 5.70 Å². The average Bonchev–Trinajstić information content (AvgIpc) is 3.23. The number of nitrogens with zero attached hydrogens (tertiary/aromatic N) is 3. The molecule has 3 fully saturated rings. The summed E-state index contributed by atoms with van der Waals surface area (Å²) in [5.74, 6) is -2.00. The lowest BCUT2D eigenvalue weighted by Crippen LogP contribution is -2.63. The van der Waals surface area contributed by atoms with E-state index in [1.54, 1.807) is 6.92 Å². The Kier molecular flexibility index (Phi) is 5.87. The largest absolute Gasteiger partial charge is 0.477 e. The van der Waals surface area contributed by atoms with E-state index in [1.807, 2.05) is 11.8 Å². The molecule has 0 aromatic rings. The van der Waals surface area contributed by atoms with Crippen molar-refractivity contribution in [3.63, 3.8) is 0 Å². The topological polar surface area (TPSA) is 110 Å². The number of quaternary nitrogens is 1. The number of carbonyl (C=O) groups is 3. The summed E-state index contributed by atoms with van der Waals surface area (Å²) in [7, 11) is 4.35. The number of carboxylic acid groups (broad SMARTS) is 1. The van der Waals surface area contributed by atoms with Crippen molar-refractivity contribution in [2.75, 3.05) is 46.8 Å². The van der Waals surface area contributed by atoms with Crippen LogP contribution in [0.15, 0.2) is 10.6 Å². The van der Waals surface area contributed by atoms with E-state index in [9.17, 15) is 24.6 Å². The number of piperazine rings is 1. The molecule has 6 atom stereocenters. The third-order valence-corrected chi connectivity index (χ3v) is 8.77. The minimum Gasteiger partial charge on any atom is -0.477 e. The number of aliphatic carboxylic acids is 1. The molecule has 0 bridgehead atoms. The molecule has 1 unspecified atom stereocenters. The Hall–Kier alpha value is -1.62. The maximum absolute atomic E-state index is 13.0. The second-order valence-corrected chi connectivity index (χ2v) is 11.3. The number of likely N-dealkylation sites (N-methyl/N-ethyl adjacent to an activating group) is 1. The molecular formula is C21H33N4O5S+. The van der Waals surface area contributed by atoms with Crippen LogP contribution in [0, 0.1) is 11.8 Å². The number of amides is 2. The predicted molar refractivity (Wildman–Crippen MR) is 116 cm³/mol. The van der Waals surface area contributed by atoms with Crippen LogP contribution in [0.4, 0.5) is 0 Å². The standard InChI is InChI=1S/C21H32N4O5S/c1-11-16-15(12(2)26)20(28)24(16)17(21(29)30)18(11)31-13-9-14(22-10-13)19(27)23-5-7-25(3,4)8-6-23/h11-16,22,26H,5-10H2,1-4H3/p+1/t11-,12?,13+,14+,15-,16-/m1/s1. The van der Waals surface area contributed by atoms with Crippen molar-refractivity contribution in [2.24, 2.45) is 11.8 Å². The lowest BCUT2D eigenvalue weighted by molar-refractivity contribution is -0.894. The van der Waals surface area contributed by atoms with E-state index >= 15 is 0 Å². The summed E-state index contributed by atoms with van der Waals surface area (Å²) in [6.07, 6.45) is -0.168. The molecule has 0 radical (unpaired) electrons. The zero-order valence-corrected chi connectivity index (χ0v) is 19.4. The highest BCUT2D eigenvalue weighted by atomic mass is 32.2. The van der Waals surface area contributed by atoms with Crippen molar-refractivity contribution in [3.05, 3.63) is 10.6 Å². The van der Waals surface area contributed by atoms with Gasteiger partial charge < -0.3 is 29.8 Å². The Morgan fingerprint density at radius 3 is 2.48 bits per heavy atom. The summed E-state index contributed by atoms with van der Waals surface area (Å²) < 4.78 is 0.925. The van der Waals surface area contributed by atoms with Gasteiger partial charge in [0.15, 0.2) is 0 Å². The van der Waals surface area contributed by atoms with Gasteiger partial charge in [-0.3, -0.25) is 9.59 Å². The minimum absolute atomic E-state index is 0.0511. The van der Waals surface area contributed by atoms with Crippen LogP contribution in [0.2, 0.25) is 0 Å². The minimum atomic E-state index is -1.11. The number of nitrogens with one attached hydrogen (secondary N) is 1. The average molecular weight is 454 g/mol. The maximum atomic E-state index is 13.0. The van der Waals surface area contributed by atoms with Gasteiger partial charge in [-0.1, -0.05) is 6.92 Å². The fourth-order valence-electron chi connectivity index (χ4n) is 5.29. The summed E-state index contributed by atoms with van der Waals surface area (Å²) >= 11 is 1.48. The number of hydrogen-bond acceptors (Lipinski definition) is 6. The summed E-state index contributed by atoms with van der Waals surface area (Å²) in [4.78, 5) is 41.4. The van der Waals surface area contributed by atoms with Crippen LogP contribution >= 0.6 is 11.8 Å². The first-order chi connectivity index (χ1) is 14.5. The first-order valence-electron chi connectivity index (χ1n) is 11.0. The van der Waals surface area contributed by atoms with E-state index in [-0.39, 0.29) is 40.8 Å². The number of β-lactam (4-membered cyclic amide) rings is 1. The normalized spacial score (nSPS) is 35.8. The quantitative estimate of drug-likeness (QED) is 0.381. The fraction of sp³-hybridized carbons (Fsp3) is 0.762. The molecule has 4 heterocycles. The van der Waals surface area contributed by atoms with Crippen molar-refractivity contribution in [1.82, 2.24) is 15.1 Å². The smallest absolute Gasteiger partial charge is 0.353 e. The van der Waals surface area contributed by atoms with Crippen LogP contribution in [0.25, 0.3) is 0 Å². The summed E-state index contributed by atoms with van der Waals surface area (Å²) in [6.45, 7) is 7.53. The number of carbonyl (C=O) groups excluding carboxylic acids is 2. The molecule has 172 valence electrons. The number of hydrogen-bond donors (Lipinski definition) is 3. The molecule has 3 saturated heterocycles. The molecule has 9 nitrogen and oxygen atoms in total. The van der Waals surface area contributed by atoms with Crippen molar-refractivity contribution in [3.8, 4) is 0 Å². The fourth-order valence-corrected chi connectivity index (χ4v) is 6.77. The molecule has 0 aromatic heterocycles. The van der Waals surface area contributed by atoms with E-state index < -0.39 is 18.0 Å². The Balaban J connectivity index is 1.42. The Morgan fingerprint density at radius 1 is 1.26 bits per heavy atom. The number of carboxylic acids is 1. The SMILES string of the molecule is CC(O)[C@H]1C(=O)N2C(C(=O)O)=C(S[C@@H]3CN[C@H](C(=O)N4CC[N+](C)(C)CC4)C3)[C@H](C)[C@H]12. The lowest BCUT2D eigenvalue weighted by atomic mass is 9.79. The molecule has 0 saturated carbocycles. The van der Waals surface area contributed by atoms with Crippen molar-refractivity contribution >= 4 is 29.5 Å². The van der Waals surface area contributed by atoms with Crippen molar-refractivity contribution in [2.45, 2.75) is 43.7 Å². The second-order valence-electron chi connectivity index (χ2n) is 9.92. The van der Waals surface area contributed by atoms with E-state index in [1.165, 1.54) is 16.7 Å². The first kappa shape index (κ1) is 22.6. The van der Waals surface area contributed by atoms with Gasteiger partial charge in [0, 0.05) is 22.6 Å². The van der Waals surface area contributed by atoms with Gasteiger partial charge in [0.2, 0.25) is 11.8 Å². The molecule has 4 aliphatic heterocycles. The van der Waals surface area contributed by atoms with Gasteiger partial charge in [-0.25, -0.2) is 4.79 Å². The number of fused-ring (bicyclic) bond motifs is 1. The van der Waals surface area contributed by atoms with Gasteiger partial charge in [-0.2, -0.15) is 0 Å². The molecule has 4 aliphatic rings. The first-order valence-corrected chi connectivity index (χ1v) is 11.9. The molecule has 10 heteroatoms. The van der Waals surface area contributed by atoms with E-state index in [0.717, 1.165) is 30.7 Å². The van der Waals surface area contributed by atoms with Crippen molar-refractivity contribution in [1.29, 1.82) is 0 Å². The molecule has 31 heavy (non-hydrogen) atoms. The van der Waals surface area contributed by atoms with Crippen LogP contribution in [-0.4, -0.2) is 113 Å². The number of aliphatic hydroxyl groups excluding tert-OH is 1. The molecule has 2 amide bonds. The van der Waals surface area contributed by atoms with Gasteiger partial charge in [-0.05, 0) is 13.3 Å².